The molecule has 0 atom stereocenters. The molecule has 2 N–H and O–H groups in total. The third-order valence-corrected chi connectivity index (χ3v) is 3.49. The van der Waals surface area contributed by atoms with E-state index in [2.05, 4.69) is 17.2 Å². The Morgan fingerprint density at radius 2 is 2.24 bits per heavy atom. The molecule has 1 aliphatic rings. The average Bonchev–Trinajstić information content (AvgIpc) is 2.48. The van der Waals surface area contributed by atoms with Crippen LogP contribution in [0.4, 0.5) is 16.2 Å². The van der Waals surface area contributed by atoms with Crippen molar-refractivity contribution in [2.45, 2.75) is 26.2 Å². The highest BCUT2D eigenvalue weighted by atomic mass is 16.2. The number of amides is 3. The molecule has 0 aliphatic carbocycles. The van der Waals surface area contributed by atoms with Gasteiger partial charge in [-0.2, -0.15) is 0 Å². The fourth-order valence-corrected chi connectivity index (χ4v) is 2.38. The number of benzene rings is 1. The molecular weight excluding hydrogens is 266 g/mol. The first-order valence-corrected chi connectivity index (χ1v) is 7.18. The molecule has 1 saturated heterocycles. The van der Waals surface area contributed by atoms with Crippen molar-refractivity contribution in [3.05, 3.63) is 36.4 Å². The van der Waals surface area contributed by atoms with Gasteiger partial charge in [-0.05, 0) is 37.5 Å². The van der Waals surface area contributed by atoms with E-state index in [0.29, 0.717) is 18.7 Å². The van der Waals surface area contributed by atoms with Gasteiger partial charge in [0.15, 0.2) is 0 Å². The molecule has 21 heavy (non-hydrogen) atoms. The van der Waals surface area contributed by atoms with E-state index in [0.717, 1.165) is 30.6 Å². The summed E-state index contributed by atoms with van der Waals surface area (Å²) >= 11 is 0. The number of aryl methyl sites for hydroxylation is 1. The van der Waals surface area contributed by atoms with Gasteiger partial charge in [0.2, 0.25) is 5.91 Å². The van der Waals surface area contributed by atoms with Gasteiger partial charge in [-0.3, -0.25) is 4.79 Å². The molecule has 3 amide bonds. The molecular formula is C16H21N3O2. The van der Waals surface area contributed by atoms with Gasteiger partial charge in [0.05, 0.1) is 0 Å². The lowest BCUT2D eigenvalue weighted by atomic mass is 10.1. The van der Waals surface area contributed by atoms with E-state index < -0.39 is 0 Å². The smallest absolute Gasteiger partial charge is 0.319 e. The highest BCUT2D eigenvalue weighted by Gasteiger charge is 2.21. The van der Waals surface area contributed by atoms with Crippen LogP contribution < -0.4 is 15.5 Å². The zero-order chi connectivity index (χ0) is 15.2. The van der Waals surface area contributed by atoms with Gasteiger partial charge >= 0.3 is 6.03 Å². The van der Waals surface area contributed by atoms with Crippen LogP contribution in [0.25, 0.3) is 0 Å². The van der Waals surface area contributed by atoms with Crippen molar-refractivity contribution in [2.24, 2.45) is 0 Å². The van der Waals surface area contributed by atoms with E-state index in [1.807, 2.05) is 30.0 Å². The Labute approximate surface area is 125 Å². The Hall–Kier alpha value is -2.30. The molecule has 1 aromatic rings. The Morgan fingerprint density at radius 3 is 2.95 bits per heavy atom. The highest BCUT2D eigenvalue weighted by Crippen LogP contribution is 2.27. The molecule has 5 nitrogen and oxygen atoms in total. The summed E-state index contributed by atoms with van der Waals surface area (Å²) in [7, 11) is 0. The SMILES string of the molecule is C=CCNC(=O)Nc1ccc(C)c(N2CCCCC2=O)c1. The predicted octanol–water partition coefficient (Wildman–Crippen LogP) is 2.82. The fraction of sp³-hybridized carbons (Fsp3) is 0.375. The number of piperidine rings is 1. The summed E-state index contributed by atoms with van der Waals surface area (Å²) in [4.78, 5) is 25.5. The Bertz CT molecular complexity index is 554. The second-order valence-electron chi connectivity index (χ2n) is 5.13. The molecule has 0 saturated carbocycles. The number of hydrogen-bond acceptors (Lipinski definition) is 2. The molecule has 0 aromatic heterocycles. The molecule has 1 heterocycles. The van der Waals surface area contributed by atoms with E-state index in [-0.39, 0.29) is 11.9 Å². The van der Waals surface area contributed by atoms with Crippen molar-refractivity contribution < 1.29 is 9.59 Å². The number of nitrogens with zero attached hydrogens (tertiary/aromatic N) is 1. The van der Waals surface area contributed by atoms with Crippen LogP contribution in [0.5, 0.6) is 0 Å². The first kappa shape index (κ1) is 15.1. The molecule has 0 spiro atoms. The van der Waals surface area contributed by atoms with Crippen molar-refractivity contribution in [1.82, 2.24) is 5.32 Å². The summed E-state index contributed by atoms with van der Waals surface area (Å²) in [6.07, 6.45) is 4.18. The van der Waals surface area contributed by atoms with Gasteiger partial charge in [0, 0.05) is 30.9 Å². The Morgan fingerprint density at radius 1 is 1.43 bits per heavy atom. The quantitative estimate of drug-likeness (QED) is 0.836. The summed E-state index contributed by atoms with van der Waals surface area (Å²) in [5, 5.41) is 5.42. The second kappa shape index (κ2) is 6.92. The maximum atomic E-state index is 12.0. The lowest BCUT2D eigenvalue weighted by Crippen LogP contribution is -2.35. The van der Waals surface area contributed by atoms with E-state index in [1.54, 1.807) is 6.08 Å². The van der Waals surface area contributed by atoms with E-state index in [4.69, 9.17) is 0 Å². The van der Waals surface area contributed by atoms with Crippen LogP contribution in [0.1, 0.15) is 24.8 Å². The minimum atomic E-state index is -0.283. The Kier molecular flexibility index (Phi) is 4.98. The van der Waals surface area contributed by atoms with Crippen molar-refractivity contribution in [1.29, 1.82) is 0 Å². The van der Waals surface area contributed by atoms with Crippen molar-refractivity contribution >= 4 is 23.3 Å². The topological polar surface area (TPSA) is 61.4 Å². The zero-order valence-corrected chi connectivity index (χ0v) is 12.3. The lowest BCUT2D eigenvalue weighted by Gasteiger charge is -2.28. The normalized spacial score (nSPS) is 14.7. The predicted molar refractivity (Wildman–Crippen MR) is 84.6 cm³/mol. The van der Waals surface area contributed by atoms with Crippen molar-refractivity contribution in [3.63, 3.8) is 0 Å². The standard InChI is InChI=1S/C16H21N3O2/c1-3-9-17-16(21)18-13-8-7-12(2)14(11-13)19-10-5-4-6-15(19)20/h3,7-8,11H,1,4-6,9-10H2,2H3,(H2,17,18,21). The Balaban J connectivity index is 2.15. The number of anilines is 2. The van der Waals surface area contributed by atoms with Crippen LogP contribution in [0.15, 0.2) is 30.9 Å². The highest BCUT2D eigenvalue weighted by molar-refractivity contribution is 5.96. The second-order valence-corrected chi connectivity index (χ2v) is 5.13. The van der Waals surface area contributed by atoms with Gasteiger partial charge in [0.25, 0.3) is 0 Å². The van der Waals surface area contributed by atoms with Gasteiger partial charge in [0.1, 0.15) is 0 Å². The summed E-state index contributed by atoms with van der Waals surface area (Å²) < 4.78 is 0. The van der Waals surface area contributed by atoms with Crippen molar-refractivity contribution in [3.8, 4) is 0 Å². The number of carbonyl (C=O) groups is 2. The van der Waals surface area contributed by atoms with Gasteiger partial charge < -0.3 is 15.5 Å². The van der Waals surface area contributed by atoms with Gasteiger partial charge in [-0.1, -0.05) is 12.1 Å². The number of hydrogen-bond donors (Lipinski definition) is 2. The molecule has 112 valence electrons. The third kappa shape index (κ3) is 3.84. The number of nitrogens with one attached hydrogen (secondary N) is 2. The van der Waals surface area contributed by atoms with Gasteiger partial charge in [-0.15, -0.1) is 6.58 Å². The number of rotatable bonds is 4. The first-order chi connectivity index (χ1) is 10.1. The largest absolute Gasteiger partial charge is 0.334 e. The van der Waals surface area contributed by atoms with E-state index >= 15 is 0 Å². The monoisotopic (exact) mass is 287 g/mol. The minimum absolute atomic E-state index is 0.151. The van der Waals surface area contributed by atoms with Crippen LogP contribution in [-0.4, -0.2) is 25.0 Å². The molecule has 0 radical (unpaired) electrons. The molecule has 1 aliphatic heterocycles. The maximum Gasteiger partial charge on any atom is 0.319 e. The third-order valence-electron chi connectivity index (χ3n) is 3.49. The molecule has 2 rings (SSSR count). The van der Waals surface area contributed by atoms with Crippen LogP contribution in [0, 0.1) is 6.92 Å². The lowest BCUT2D eigenvalue weighted by molar-refractivity contribution is -0.119. The molecule has 1 aromatic carbocycles. The van der Waals surface area contributed by atoms with Crippen LogP contribution in [0.3, 0.4) is 0 Å². The number of urea groups is 1. The summed E-state index contributed by atoms with van der Waals surface area (Å²) in [5.41, 5.74) is 2.58. The molecule has 1 fully saturated rings. The van der Waals surface area contributed by atoms with Gasteiger partial charge in [-0.25, -0.2) is 4.79 Å². The summed E-state index contributed by atoms with van der Waals surface area (Å²) in [5.74, 6) is 0.151. The van der Waals surface area contributed by atoms with Crippen LogP contribution >= 0.6 is 0 Å². The van der Waals surface area contributed by atoms with Crippen LogP contribution in [0.2, 0.25) is 0 Å². The van der Waals surface area contributed by atoms with Crippen LogP contribution in [-0.2, 0) is 4.79 Å². The van der Waals surface area contributed by atoms with E-state index in [1.165, 1.54) is 0 Å². The molecule has 0 unspecified atom stereocenters. The summed E-state index contributed by atoms with van der Waals surface area (Å²) in [6.45, 7) is 6.67. The average molecular weight is 287 g/mol. The number of carbonyl (C=O) groups excluding carboxylic acids is 2. The fourth-order valence-electron chi connectivity index (χ4n) is 2.38. The zero-order valence-electron chi connectivity index (χ0n) is 12.3. The van der Waals surface area contributed by atoms with Crippen molar-refractivity contribution in [2.75, 3.05) is 23.3 Å². The molecule has 5 heteroatoms. The maximum absolute atomic E-state index is 12.0. The van der Waals surface area contributed by atoms with E-state index in [9.17, 15) is 9.59 Å². The first-order valence-electron chi connectivity index (χ1n) is 7.18. The minimum Gasteiger partial charge on any atom is -0.334 e. The molecule has 0 bridgehead atoms. The summed E-state index contributed by atoms with van der Waals surface area (Å²) in [6, 6.07) is 5.32.